The molecule has 8 heteroatoms. The van der Waals surface area contributed by atoms with Crippen molar-refractivity contribution in [2.75, 3.05) is 26.3 Å². The Morgan fingerprint density at radius 1 is 1.14 bits per heavy atom. The number of carbonyl (C=O) groups is 1. The number of piperidine rings is 1. The van der Waals surface area contributed by atoms with Crippen molar-refractivity contribution in [2.45, 2.75) is 39.3 Å². The SMILES string of the molecule is Cc1oc(-c2cccc(Cl)c2)nc1CN1CCC(C(=O)N[C@@H](C)c2ccc3c(c2)OCCO3)CC1. The Bertz CT molecular complexity index is 1200. The van der Waals surface area contributed by atoms with Crippen molar-refractivity contribution in [3.05, 3.63) is 64.5 Å². The molecule has 5 rings (SSSR count). The lowest BCUT2D eigenvalue weighted by Crippen LogP contribution is -2.41. The number of likely N-dealkylation sites (tertiary alicyclic amines) is 1. The van der Waals surface area contributed by atoms with E-state index in [2.05, 4.69) is 10.2 Å². The number of aromatic nitrogens is 1. The molecule has 1 aromatic heterocycles. The van der Waals surface area contributed by atoms with E-state index in [1.54, 1.807) is 0 Å². The number of carbonyl (C=O) groups excluding carboxylic acids is 1. The van der Waals surface area contributed by atoms with Crippen molar-refractivity contribution in [2.24, 2.45) is 5.92 Å². The minimum Gasteiger partial charge on any atom is -0.486 e. The van der Waals surface area contributed by atoms with Gasteiger partial charge in [0.2, 0.25) is 11.8 Å². The average Bonchev–Trinajstić information content (AvgIpc) is 3.24. The molecular formula is C27H30ClN3O4. The van der Waals surface area contributed by atoms with Gasteiger partial charge in [-0.25, -0.2) is 4.98 Å². The van der Waals surface area contributed by atoms with Gasteiger partial charge in [0.15, 0.2) is 11.5 Å². The third-order valence-corrected chi connectivity index (χ3v) is 6.96. The highest BCUT2D eigenvalue weighted by molar-refractivity contribution is 6.30. The first-order valence-electron chi connectivity index (χ1n) is 12.1. The standard InChI is InChI=1S/C27H30ClN3O4/c1-17(20-6-7-24-25(15-20)34-13-12-33-24)29-26(32)19-8-10-31(11-9-19)16-23-18(2)35-27(30-23)21-4-3-5-22(28)14-21/h3-7,14-15,17,19H,8-13,16H2,1-2H3,(H,29,32)/t17-/m0/s1. The van der Waals surface area contributed by atoms with Crippen molar-refractivity contribution in [1.82, 2.24) is 15.2 Å². The summed E-state index contributed by atoms with van der Waals surface area (Å²) in [5, 5.41) is 3.84. The number of aryl methyl sites for hydroxylation is 1. The number of nitrogens with zero attached hydrogens (tertiary/aromatic N) is 2. The number of ether oxygens (including phenoxy) is 2. The summed E-state index contributed by atoms with van der Waals surface area (Å²) < 4.78 is 17.2. The van der Waals surface area contributed by atoms with Crippen molar-refractivity contribution >= 4 is 17.5 Å². The average molecular weight is 496 g/mol. The van der Waals surface area contributed by atoms with Crippen LogP contribution in [0, 0.1) is 12.8 Å². The Hall–Kier alpha value is -3.03. The molecule has 3 aromatic rings. The number of amides is 1. The number of oxazole rings is 1. The molecule has 1 saturated heterocycles. The van der Waals surface area contributed by atoms with E-state index in [0.29, 0.717) is 30.7 Å². The number of hydrogen-bond donors (Lipinski definition) is 1. The monoisotopic (exact) mass is 495 g/mol. The van der Waals surface area contributed by atoms with Crippen LogP contribution in [-0.4, -0.2) is 42.1 Å². The van der Waals surface area contributed by atoms with E-state index in [1.165, 1.54) is 0 Å². The van der Waals surface area contributed by atoms with Crippen LogP contribution >= 0.6 is 11.6 Å². The maximum atomic E-state index is 13.0. The third-order valence-electron chi connectivity index (χ3n) is 6.72. The Morgan fingerprint density at radius 3 is 2.69 bits per heavy atom. The highest BCUT2D eigenvalue weighted by Gasteiger charge is 2.27. The minimum atomic E-state index is -0.0981. The summed E-state index contributed by atoms with van der Waals surface area (Å²) in [5.41, 5.74) is 2.81. The molecule has 7 nitrogen and oxygen atoms in total. The molecule has 184 valence electrons. The molecule has 1 fully saturated rings. The maximum Gasteiger partial charge on any atom is 0.226 e. The van der Waals surface area contributed by atoms with Gasteiger partial charge >= 0.3 is 0 Å². The lowest BCUT2D eigenvalue weighted by atomic mass is 9.95. The van der Waals surface area contributed by atoms with Gasteiger partial charge < -0.3 is 19.2 Å². The Labute approximate surface area is 210 Å². The molecule has 0 unspecified atom stereocenters. The van der Waals surface area contributed by atoms with Crippen LogP contribution in [0.5, 0.6) is 11.5 Å². The molecule has 0 spiro atoms. The summed E-state index contributed by atoms with van der Waals surface area (Å²) >= 11 is 6.11. The molecule has 0 bridgehead atoms. The smallest absolute Gasteiger partial charge is 0.226 e. The van der Waals surface area contributed by atoms with Gasteiger partial charge in [-0.05, 0) is 75.7 Å². The second-order valence-electron chi connectivity index (χ2n) is 9.22. The van der Waals surface area contributed by atoms with Crippen LogP contribution in [0.1, 0.15) is 42.8 Å². The number of fused-ring (bicyclic) bond motifs is 1. The van der Waals surface area contributed by atoms with Crippen molar-refractivity contribution < 1.29 is 18.7 Å². The summed E-state index contributed by atoms with van der Waals surface area (Å²) in [4.78, 5) is 20.0. The molecule has 1 N–H and O–H groups in total. The number of nitrogens with one attached hydrogen (secondary N) is 1. The molecule has 0 saturated carbocycles. The second kappa shape index (κ2) is 10.3. The lowest BCUT2D eigenvalue weighted by Gasteiger charge is -2.31. The molecule has 1 amide bonds. The normalized spacial score (nSPS) is 17.2. The third kappa shape index (κ3) is 5.46. The molecule has 35 heavy (non-hydrogen) atoms. The van der Waals surface area contributed by atoms with Crippen LogP contribution in [0.15, 0.2) is 46.9 Å². The number of rotatable bonds is 6. The van der Waals surface area contributed by atoms with Gasteiger partial charge in [0.25, 0.3) is 0 Å². The van der Waals surface area contributed by atoms with Crippen molar-refractivity contribution in [1.29, 1.82) is 0 Å². The van der Waals surface area contributed by atoms with E-state index in [4.69, 9.17) is 30.5 Å². The first-order chi connectivity index (χ1) is 17.0. The van der Waals surface area contributed by atoms with E-state index in [9.17, 15) is 4.79 Å². The molecule has 1 atom stereocenters. The van der Waals surface area contributed by atoms with Crippen LogP contribution in [0.3, 0.4) is 0 Å². The fraction of sp³-hybridized carbons (Fsp3) is 0.407. The van der Waals surface area contributed by atoms with Gasteiger partial charge in [0.05, 0.1) is 11.7 Å². The molecule has 0 aliphatic carbocycles. The molecule has 2 aromatic carbocycles. The molecule has 2 aliphatic rings. The zero-order chi connectivity index (χ0) is 24.4. The van der Waals surface area contributed by atoms with E-state index >= 15 is 0 Å². The van der Waals surface area contributed by atoms with E-state index < -0.39 is 0 Å². The fourth-order valence-corrected chi connectivity index (χ4v) is 4.82. The molecule has 0 radical (unpaired) electrons. The maximum absolute atomic E-state index is 13.0. The number of hydrogen-bond acceptors (Lipinski definition) is 6. The molecule has 3 heterocycles. The van der Waals surface area contributed by atoms with Gasteiger partial charge in [-0.1, -0.05) is 23.7 Å². The van der Waals surface area contributed by atoms with Crippen LogP contribution in [0.4, 0.5) is 0 Å². The summed E-state index contributed by atoms with van der Waals surface area (Å²) in [6, 6.07) is 13.3. The highest BCUT2D eigenvalue weighted by Crippen LogP contribution is 2.33. The largest absolute Gasteiger partial charge is 0.486 e. The Morgan fingerprint density at radius 2 is 1.91 bits per heavy atom. The van der Waals surface area contributed by atoms with E-state index in [0.717, 1.165) is 60.0 Å². The van der Waals surface area contributed by atoms with E-state index in [-0.39, 0.29) is 17.9 Å². The van der Waals surface area contributed by atoms with Gasteiger partial charge in [-0.15, -0.1) is 0 Å². The zero-order valence-corrected chi connectivity index (χ0v) is 20.8. The van der Waals surface area contributed by atoms with Gasteiger partial charge in [-0.2, -0.15) is 0 Å². The summed E-state index contributed by atoms with van der Waals surface area (Å²) in [6.07, 6.45) is 1.63. The predicted octanol–water partition coefficient (Wildman–Crippen LogP) is 5.16. The van der Waals surface area contributed by atoms with Crippen molar-refractivity contribution in [3.8, 4) is 23.0 Å². The van der Waals surface area contributed by atoms with Crippen LogP contribution in [0.2, 0.25) is 5.02 Å². The summed E-state index contributed by atoms with van der Waals surface area (Å²) in [7, 11) is 0. The summed E-state index contributed by atoms with van der Waals surface area (Å²) in [6.45, 7) is 7.45. The second-order valence-corrected chi connectivity index (χ2v) is 9.65. The Kier molecular flexibility index (Phi) is 6.97. The van der Waals surface area contributed by atoms with E-state index in [1.807, 2.05) is 56.3 Å². The molecular weight excluding hydrogens is 466 g/mol. The van der Waals surface area contributed by atoms with Gasteiger partial charge in [-0.3, -0.25) is 9.69 Å². The fourth-order valence-electron chi connectivity index (χ4n) is 4.63. The predicted molar refractivity (Wildman–Crippen MR) is 134 cm³/mol. The number of benzene rings is 2. The van der Waals surface area contributed by atoms with Crippen LogP contribution in [0.25, 0.3) is 11.5 Å². The number of halogens is 1. The van der Waals surface area contributed by atoms with Crippen LogP contribution < -0.4 is 14.8 Å². The topological polar surface area (TPSA) is 76.8 Å². The van der Waals surface area contributed by atoms with Gasteiger partial charge in [0.1, 0.15) is 19.0 Å². The van der Waals surface area contributed by atoms with Crippen LogP contribution in [-0.2, 0) is 11.3 Å². The quantitative estimate of drug-likeness (QED) is 0.508. The lowest BCUT2D eigenvalue weighted by molar-refractivity contribution is -0.127. The highest BCUT2D eigenvalue weighted by atomic mass is 35.5. The minimum absolute atomic E-state index is 0.00587. The Balaban J connectivity index is 1.14. The first-order valence-corrected chi connectivity index (χ1v) is 12.5. The first kappa shape index (κ1) is 23.7. The molecule has 2 aliphatic heterocycles. The zero-order valence-electron chi connectivity index (χ0n) is 20.1. The van der Waals surface area contributed by atoms with Gasteiger partial charge in [0, 0.05) is 23.0 Å². The summed E-state index contributed by atoms with van der Waals surface area (Å²) in [5.74, 6) is 3.01. The van der Waals surface area contributed by atoms with Crippen molar-refractivity contribution in [3.63, 3.8) is 0 Å².